The zero-order chi connectivity index (χ0) is 18.8. The van der Waals surface area contributed by atoms with E-state index in [1.807, 2.05) is 54.6 Å². The highest BCUT2D eigenvalue weighted by Crippen LogP contribution is 2.38. The minimum atomic E-state index is -0.201. The second-order valence-corrected chi connectivity index (χ2v) is 8.90. The Morgan fingerprint density at radius 2 is 1.36 bits per heavy atom. The number of hydrogen-bond acceptors (Lipinski definition) is 1. The van der Waals surface area contributed by atoms with Crippen LogP contribution in [0, 0.1) is 10.8 Å². The predicted molar refractivity (Wildman–Crippen MR) is 108 cm³/mol. The van der Waals surface area contributed by atoms with Crippen molar-refractivity contribution in [1.29, 1.82) is 0 Å². The molecule has 0 N–H and O–H groups in total. The topological polar surface area (TPSA) is 17.1 Å². The number of rotatable bonds is 2. The van der Waals surface area contributed by atoms with Gasteiger partial charge in [-0.15, -0.1) is 0 Å². The number of carbonyl (C=O) groups is 1. The summed E-state index contributed by atoms with van der Waals surface area (Å²) >= 11 is 6.41. The van der Waals surface area contributed by atoms with Crippen LogP contribution < -0.4 is 0 Å². The highest BCUT2D eigenvalue weighted by Gasteiger charge is 2.33. The molecule has 1 aromatic rings. The summed E-state index contributed by atoms with van der Waals surface area (Å²) in [5.74, 6) is 0.148. The van der Waals surface area contributed by atoms with Gasteiger partial charge in [-0.3, -0.25) is 4.79 Å². The number of allylic oxidation sites excluding steroid dienone is 7. The summed E-state index contributed by atoms with van der Waals surface area (Å²) in [5, 5.41) is 0.682. The fraction of sp³-hybridized carbons (Fsp3) is 0.348. The van der Waals surface area contributed by atoms with Gasteiger partial charge in [-0.2, -0.15) is 0 Å². The summed E-state index contributed by atoms with van der Waals surface area (Å²) in [7, 11) is 0. The van der Waals surface area contributed by atoms with Crippen molar-refractivity contribution in [2.24, 2.45) is 10.8 Å². The van der Waals surface area contributed by atoms with Crippen molar-refractivity contribution in [3.05, 3.63) is 76.9 Å². The van der Waals surface area contributed by atoms with Crippen LogP contribution in [0.2, 0.25) is 0 Å². The van der Waals surface area contributed by atoms with Gasteiger partial charge in [-0.1, -0.05) is 89.6 Å². The van der Waals surface area contributed by atoms with Crippen LogP contribution in [0.4, 0.5) is 0 Å². The quantitative estimate of drug-likeness (QED) is 0.576. The van der Waals surface area contributed by atoms with E-state index < -0.39 is 0 Å². The zero-order valence-electron chi connectivity index (χ0n) is 16.0. The molecule has 25 heavy (non-hydrogen) atoms. The van der Waals surface area contributed by atoms with E-state index in [1.54, 1.807) is 0 Å². The molecule has 1 nitrogen and oxygen atoms in total. The van der Waals surface area contributed by atoms with Gasteiger partial charge in [-0.25, -0.2) is 0 Å². The lowest BCUT2D eigenvalue weighted by atomic mass is 9.72. The van der Waals surface area contributed by atoms with Crippen molar-refractivity contribution in [3.63, 3.8) is 0 Å². The average molecular weight is 355 g/mol. The Kier molecular flexibility index (Phi) is 5.58. The van der Waals surface area contributed by atoms with E-state index in [0.717, 1.165) is 22.3 Å². The number of hydrogen-bond donors (Lipinski definition) is 0. The van der Waals surface area contributed by atoms with E-state index in [4.69, 9.17) is 11.6 Å². The van der Waals surface area contributed by atoms with E-state index in [0.29, 0.717) is 5.03 Å². The molecule has 1 aliphatic carbocycles. The molecule has 0 aliphatic heterocycles. The average Bonchev–Trinajstić information content (AvgIpc) is 2.52. The first-order valence-electron chi connectivity index (χ1n) is 8.62. The zero-order valence-corrected chi connectivity index (χ0v) is 16.7. The minimum absolute atomic E-state index is 0.148. The molecule has 0 fully saturated rings. The molecule has 2 rings (SSSR count). The molecule has 0 heterocycles. The van der Waals surface area contributed by atoms with Crippen molar-refractivity contribution < 1.29 is 4.79 Å². The number of benzene rings is 1. The first-order valence-corrected chi connectivity index (χ1v) is 9.00. The Morgan fingerprint density at radius 1 is 0.880 bits per heavy atom. The van der Waals surface area contributed by atoms with E-state index >= 15 is 0 Å². The molecule has 1 aliphatic rings. The van der Waals surface area contributed by atoms with E-state index in [2.05, 4.69) is 41.5 Å². The molecule has 1 aromatic carbocycles. The van der Waals surface area contributed by atoms with Crippen molar-refractivity contribution in [2.75, 3.05) is 0 Å². The van der Waals surface area contributed by atoms with Gasteiger partial charge in [0.2, 0.25) is 0 Å². The van der Waals surface area contributed by atoms with Crippen LogP contribution in [0.1, 0.15) is 47.1 Å². The molecule has 132 valence electrons. The molecular weight excluding hydrogens is 328 g/mol. The van der Waals surface area contributed by atoms with Crippen LogP contribution >= 0.6 is 11.6 Å². The maximum absolute atomic E-state index is 12.9. The minimum Gasteiger partial charge on any atom is -0.289 e. The largest absolute Gasteiger partial charge is 0.289 e. The van der Waals surface area contributed by atoms with Crippen LogP contribution in [0.5, 0.6) is 0 Å². The molecule has 0 radical (unpaired) electrons. The van der Waals surface area contributed by atoms with Crippen LogP contribution in [-0.2, 0) is 4.79 Å². The van der Waals surface area contributed by atoms with Crippen LogP contribution in [0.3, 0.4) is 0 Å². The summed E-state index contributed by atoms with van der Waals surface area (Å²) in [5.41, 5.74) is 3.27. The van der Waals surface area contributed by atoms with Crippen LogP contribution in [-0.4, -0.2) is 5.78 Å². The van der Waals surface area contributed by atoms with E-state index in [1.165, 1.54) is 0 Å². The third-order valence-corrected chi connectivity index (χ3v) is 4.54. The summed E-state index contributed by atoms with van der Waals surface area (Å²) in [4.78, 5) is 12.9. The Hall–Kier alpha value is -1.86. The van der Waals surface area contributed by atoms with Crippen LogP contribution in [0.15, 0.2) is 71.4 Å². The van der Waals surface area contributed by atoms with Crippen molar-refractivity contribution in [2.45, 2.75) is 41.5 Å². The number of ketones is 1. The number of halogens is 1. The predicted octanol–water partition coefficient (Wildman–Crippen LogP) is 6.72. The molecule has 0 aromatic heterocycles. The van der Waals surface area contributed by atoms with Crippen LogP contribution in [0.25, 0.3) is 5.03 Å². The van der Waals surface area contributed by atoms with E-state index in [-0.39, 0.29) is 16.6 Å². The second-order valence-electron chi connectivity index (χ2n) is 8.49. The van der Waals surface area contributed by atoms with Gasteiger partial charge >= 0.3 is 0 Å². The molecule has 0 bridgehead atoms. The third kappa shape index (κ3) is 4.83. The summed E-state index contributed by atoms with van der Waals surface area (Å²) in [6.07, 6.45) is 7.86. The SMILES string of the molecule is CC(C)(C)C1=CC(=CC=C(Cl)c2ccccc2)C=C(C(C)(C)C)C1=O. The Morgan fingerprint density at radius 3 is 1.80 bits per heavy atom. The van der Waals surface area contributed by atoms with Gasteiger partial charge in [0, 0.05) is 16.2 Å². The Labute approximate surface area is 156 Å². The smallest absolute Gasteiger partial charge is 0.186 e. The molecular formula is C23H27ClO. The Bertz CT molecular complexity index is 740. The highest BCUT2D eigenvalue weighted by atomic mass is 35.5. The van der Waals surface area contributed by atoms with Crippen molar-refractivity contribution in [1.82, 2.24) is 0 Å². The number of carbonyl (C=O) groups excluding carboxylic acids is 1. The first-order chi connectivity index (χ1) is 11.5. The van der Waals surface area contributed by atoms with Gasteiger partial charge in [0.25, 0.3) is 0 Å². The van der Waals surface area contributed by atoms with E-state index in [9.17, 15) is 4.79 Å². The lowest BCUT2D eigenvalue weighted by Crippen LogP contribution is -2.27. The molecule has 0 spiro atoms. The van der Waals surface area contributed by atoms with Gasteiger partial charge < -0.3 is 0 Å². The third-order valence-electron chi connectivity index (χ3n) is 4.20. The number of Topliss-reactive ketones (excluding diaryl/α,β-unsaturated/α-hetero) is 1. The van der Waals surface area contributed by atoms with Gasteiger partial charge in [-0.05, 0) is 40.2 Å². The lowest BCUT2D eigenvalue weighted by Gasteiger charge is -2.31. The maximum Gasteiger partial charge on any atom is 0.186 e. The first kappa shape index (κ1) is 19.5. The highest BCUT2D eigenvalue weighted by molar-refractivity contribution is 6.48. The van der Waals surface area contributed by atoms with Gasteiger partial charge in [0.1, 0.15) is 0 Å². The Balaban J connectivity index is 2.48. The standard InChI is InChI=1S/C23H27ClO/c1-22(2,3)18-14-16(15-19(21(18)25)23(4,5)6)12-13-20(24)17-10-8-7-9-11-17/h7-15H,1-6H3. The summed E-state index contributed by atoms with van der Waals surface area (Å²) < 4.78 is 0. The van der Waals surface area contributed by atoms with Crippen molar-refractivity contribution in [3.8, 4) is 0 Å². The molecule has 0 saturated carbocycles. The molecule has 0 amide bonds. The molecule has 0 unspecified atom stereocenters. The summed E-state index contributed by atoms with van der Waals surface area (Å²) in [6, 6.07) is 9.86. The molecule has 2 heteroatoms. The molecule has 0 atom stereocenters. The molecule has 0 saturated heterocycles. The van der Waals surface area contributed by atoms with Gasteiger partial charge in [0.15, 0.2) is 5.78 Å². The lowest BCUT2D eigenvalue weighted by molar-refractivity contribution is -0.114. The maximum atomic E-state index is 12.9. The monoisotopic (exact) mass is 354 g/mol. The summed E-state index contributed by atoms with van der Waals surface area (Å²) in [6.45, 7) is 12.5. The normalized spacial score (nSPS) is 16.5. The fourth-order valence-electron chi connectivity index (χ4n) is 2.72. The second kappa shape index (κ2) is 7.17. The van der Waals surface area contributed by atoms with Gasteiger partial charge in [0.05, 0.1) is 0 Å². The fourth-order valence-corrected chi connectivity index (χ4v) is 2.91. The van der Waals surface area contributed by atoms with Crippen molar-refractivity contribution >= 4 is 22.4 Å².